The van der Waals surface area contributed by atoms with Gasteiger partial charge in [-0.2, -0.15) is 0 Å². The van der Waals surface area contributed by atoms with Gasteiger partial charge in [0.15, 0.2) is 5.13 Å². The average Bonchev–Trinajstić information content (AvgIpc) is 3.21. The Hall–Kier alpha value is -2.60. The lowest BCUT2D eigenvalue weighted by Crippen LogP contribution is -2.42. The fraction of sp³-hybridized carbons (Fsp3) is 0.440. The summed E-state index contributed by atoms with van der Waals surface area (Å²) >= 11 is 1.73. The largest absolute Gasteiger partial charge is 0.494 e. The first-order valence-electron chi connectivity index (χ1n) is 11.2. The molecule has 2 heterocycles. The first-order chi connectivity index (χ1) is 15.0. The molecule has 0 radical (unpaired) electrons. The monoisotopic (exact) mass is 437 g/mol. The van der Waals surface area contributed by atoms with Gasteiger partial charge in [0.05, 0.1) is 22.7 Å². The Morgan fingerprint density at radius 2 is 2.06 bits per heavy atom. The summed E-state index contributed by atoms with van der Waals surface area (Å²) in [6.07, 6.45) is 2.93. The summed E-state index contributed by atoms with van der Waals surface area (Å²) in [6.45, 7) is 9.29. The molecular formula is C25H31N3O2S. The van der Waals surface area contributed by atoms with Gasteiger partial charge in [-0.3, -0.25) is 4.79 Å². The molecule has 0 unspecified atom stereocenters. The van der Waals surface area contributed by atoms with Crippen molar-refractivity contribution in [3.8, 4) is 5.75 Å². The third-order valence-corrected chi connectivity index (χ3v) is 6.81. The topological polar surface area (TPSA) is 54.5 Å². The number of aryl methyl sites for hydroxylation is 2. The van der Waals surface area contributed by atoms with Crippen LogP contribution in [0.4, 0.5) is 5.13 Å². The predicted octanol–water partition coefficient (Wildman–Crippen LogP) is 5.23. The summed E-state index contributed by atoms with van der Waals surface area (Å²) in [5.74, 6) is 1.00. The highest BCUT2D eigenvalue weighted by Gasteiger charge is 2.27. The molecule has 5 nitrogen and oxygen atoms in total. The molecule has 31 heavy (non-hydrogen) atoms. The van der Waals surface area contributed by atoms with Crippen molar-refractivity contribution in [2.75, 3.05) is 24.6 Å². The fourth-order valence-electron chi connectivity index (χ4n) is 4.12. The zero-order valence-corrected chi connectivity index (χ0v) is 19.4. The van der Waals surface area contributed by atoms with Gasteiger partial charge < -0.3 is 15.0 Å². The Morgan fingerprint density at radius 1 is 1.26 bits per heavy atom. The minimum absolute atomic E-state index is 0.00393. The van der Waals surface area contributed by atoms with E-state index < -0.39 is 0 Å². The molecule has 1 aromatic heterocycles. The van der Waals surface area contributed by atoms with Gasteiger partial charge in [0.25, 0.3) is 0 Å². The highest BCUT2D eigenvalue weighted by Crippen LogP contribution is 2.33. The SMILES string of the molecule is CCCOc1ccc(CNC(=O)[C@H]2CCCN(c3nc4c(C)cc(C)cc4s3)C2)cc1. The van der Waals surface area contributed by atoms with E-state index in [1.807, 2.05) is 24.3 Å². The van der Waals surface area contributed by atoms with E-state index in [-0.39, 0.29) is 11.8 Å². The highest BCUT2D eigenvalue weighted by atomic mass is 32.1. The second kappa shape index (κ2) is 9.69. The molecule has 1 amide bonds. The minimum atomic E-state index is -0.00393. The quantitative estimate of drug-likeness (QED) is 0.550. The number of piperidine rings is 1. The zero-order valence-electron chi connectivity index (χ0n) is 18.6. The maximum Gasteiger partial charge on any atom is 0.225 e. The molecule has 1 saturated heterocycles. The van der Waals surface area contributed by atoms with E-state index >= 15 is 0 Å². The molecule has 0 bridgehead atoms. The predicted molar refractivity (Wildman–Crippen MR) is 128 cm³/mol. The van der Waals surface area contributed by atoms with E-state index in [9.17, 15) is 4.79 Å². The van der Waals surface area contributed by atoms with Crippen LogP contribution in [0.5, 0.6) is 5.75 Å². The van der Waals surface area contributed by atoms with Gasteiger partial charge in [-0.05, 0) is 68.0 Å². The van der Waals surface area contributed by atoms with Crippen molar-refractivity contribution >= 4 is 32.6 Å². The first-order valence-corrected chi connectivity index (χ1v) is 12.0. The Morgan fingerprint density at radius 3 is 2.84 bits per heavy atom. The van der Waals surface area contributed by atoms with Crippen molar-refractivity contribution in [2.45, 2.75) is 46.6 Å². The van der Waals surface area contributed by atoms with Crippen molar-refractivity contribution < 1.29 is 9.53 Å². The van der Waals surface area contributed by atoms with Gasteiger partial charge in [0, 0.05) is 19.6 Å². The lowest BCUT2D eigenvalue weighted by atomic mass is 9.97. The van der Waals surface area contributed by atoms with Gasteiger partial charge in [-0.15, -0.1) is 0 Å². The van der Waals surface area contributed by atoms with Crippen molar-refractivity contribution in [3.63, 3.8) is 0 Å². The molecule has 1 N–H and O–H groups in total. The van der Waals surface area contributed by atoms with Crippen LogP contribution in [0.1, 0.15) is 42.9 Å². The van der Waals surface area contributed by atoms with E-state index in [1.165, 1.54) is 15.8 Å². The van der Waals surface area contributed by atoms with Crippen LogP contribution < -0.4 is 15.0 Å². The number of nitrogens with one attached hydrogen (secondary N) is 1. The highest BCUT2D eigenvalue weighted by molar-refractivity contribution is 7.22. The minimum Gasteiger partial charge on any atom is -0.494 e. The maximum absolute atomic E-state index is 12.8. The summed E-state index contributed by atoms with van der Waals surface area (Å²) in [7, 11) is 0. The summed E-state index contributed by atoms with van der Waals surface area (Å²) in [5, 5.41) is 4.15. The van der Waals surface area contributed by atoms with E-state index in [1.54, 1.807) is 11.3 Å². The number of fused-ring (bicyclic) bond motifs is 1. The van der Waals surface area contributed by atoms with Crippen molar-refractivity contribution in [3.05, 3.63) is 53.1 Å². The van der Waals surface area contributed by atoms with E-state index in [4.69, 9.17) is 9.72 Å². The van der Waals surface area contributed by atoms with Crippen LogP contribution in [0, 0.1) is 19.8 Å². The van der Waals surface area contributed by atoms with E-state index in [0.29, 0.717) is 6.54 Å². The number of anilines is 1. The van der Waals surface area contributed by atoms with Crippen LogP contribution in [0.15, 0.2) is 36.4 Å². The second-order valence-electron chi connectivity index (χ2n) is 8.42. The normalized spacial score (nSPS) is 16.5. The van der Waals surface area contributed by atoms with Crippen LogP contribution in [0.25, 0.3) is 10.2 Å². The third kappa shape index (κ3) is 5.18. The number of rotatable bonds is 7. The Kier molecular flexibility index (Phi) is 6.76. The molecule has 1 fully saturated rings. The molecule has 0 aliphatic carbocycles. The third-order valence-electron chi connectivity index (χ3n) is 5.74. The second-order valence-corrected chi connectivity index (χ2v) is 9.43. The number of thiazole rings is 1. The van der Waals surface area contributed by atoms with Crippen LogP contribution >= 0.6 is 11.3 Å². The maximum atomic E-state index is 12.8. The van der Waals surface area contributed by atoms with Crippen molar-refractivity contribution in [1.29, 1.82) is 0 Å². The molecule has 2 aromatic carbocycles. The van der Waals surface area contributed by atoms with Gasteiger partial charge in [0.1, 0.15) is 5.75 Å². The lowest BCUT2D eigenvalue weighted by Gasteiger charge is -2.31. The molecule has 1 atom stereocenters. The van der Waals surface area contributed by atoms with Gasteiger partial charge in [-0.25, -0.2) is 4.98 Å². The summed E-state index contributed by atoms with van der Waals surface area (Å²) < 4.78 is 6.85. The Bertz CT molecular complexity index is 1040. The molecule has 164 valence electrons. The number of aromatic nitrogens is 1. The molecule has 0 spiro atoms. The first kappa shape index (κ1) is 21.6. The van der Waals surface area contributed by atoms with Crippen LogP contribution in [-0.2, 0) is 11.3 Å². The average molecular weight is 438 g/mol. The fourth-order valence-corrected chi connectivity index (χ4v) is 5.29. The van der Waals surface area contributed by atoms with Gasteiger partial charge >= 0.3 is 0 Å². The summed E-state index contributed by atoms with van der Waals surface area (Å²) in [4.78, 5) is 20.0. The zero-order chi connectivity index (χ0) is 21.8. The number of ether oxygens (including phenoxy) is 1. The van der Waals surface area contributed by atoms with Crippen molar-refractivity contribution in [2.24, 2.45) is 5.92 Å². The van der Waals surface area contributed by atoms with Crippen LogP contribution in [-0.4, -0.2) is 30.6 Å². The smallest absolute Gasteiger partial charge is 0.225 e. The van der Waals surface area contributed by atoms with Gasteiger partial charge in [-0.1, -0.05) is 36.5 Å². The summed E-state index contributed by atoms with van der Waals surface area (Å²) in [5.41, 5.74) is 4.65. The molecule has 1 aliphatic heterocycles. The Labute approximate surface area is 188 Å². The van der Waals surface area contributed by atoms with E-state index in [2.05, 4.69) is 43.1 Å². The number of amides is 1. The van der Waals surface area contributed by atoms with E-state index in [0.717, 1.165) is 60.9 Å². The van der Waals surface area contributed by atoms with Crippen LogP contribution in [0.2, 0.25) is 0 Å². The molecule has 6 heteroatoms. The molecule has 3 aromatic rings. The summed E-state index contributed by atoms with van der Waals surface area (Å²) in [6, 6.07) is 12.4. The standard InChI is InChI=1S/C25H31N3O2S/c1-4-12-30-21-9-7-19(8-10-21)15-26-24(29)20-6-5-11-28(16-20)25-27-23-18(3)13-17(2)14-22(23)31-25/h7-10,13-14,20H,4-6,11-12,15-16H2,1-3H3,(H,26,29)/t20-/m0/s1. The van der Waals surface area contributed by atoms with Gasteiger partial charge in [0.2, 0.25) is 5.91 Å². The number of hydrogen-bond donors (Lipinski definition) is 1. The molecule has 4 rings (SSSR count). The lowest BCUT2D eigenvalue weighted by molar-refractivity contribution is -0.125. The van der Waals surface area contributed by atoms with Crippen molar-refractivity contribution in [1.82, 2.24) is 10.3 Å². The number of hydrogen-bond acceptors (Lipinski definition) is 5. The number of carbonyl (C=O) groups excluding carboxylic acids is 1. The number of benzene rings is 2. The molecule has 1 aliphatic rings. The van der Waals surface area contributed by atoms with Crippen LogP contribution in [0.3, 0.4) is 0 Å². The molecule has 0 saturated carbocycles. The Balaban J connectivity index is 1.36. The molecular weight excluding hydrogens is 406 g/mol. The number of carbonyl (C=O) groups is 1. The number of nitrogens with zero attached hydrogens (tertiary/aromatic N) is 2.